The van der Waals surface area contributed by atoms with E-state index in [1.165, 1.54) is 29.6 Å². The average Bonchev–Trinajstić information content (AvgIpc) is 2.73. The van der Waals surface area contributed by atoms with Crippen molar-refractivity contribution in [2.75, 3.05) is 12.4 Å². The second-order valence-electron chi connectivity index (χ2n) is 7.24. The number of hydrogen-bond donors (Lipinski definition) is 1. The van der Waals surface area contributed by atoms with Crippen LogP contribution in [0.5, 0.6) is 5.75 Å². The summed E-state index contributed by atoms with van der Waals surface area (Å²) in [7, 11) is 1.52. The van der Waals surface area contributed by atoms with Crippen molar-refractivity contribution in [1.29, 1.82) is 0 Å². The fraction of sp³-hybridized carbons (Fsp3) is 0.261. The Balaban J connectivity index is 1.80. The van der Waals surface area contributed by atoms with Gasteiger partial charge in [-0.1, -0.05) is 29.4 Å². The number of carbonyl (C=O) groups excluding carboxylic acids is 1. The van der Waals surface area contributed by atoms with E-state index in [9.17, 15) is 9.59 Å². The highest BCUT2D eigenvalue weighted by atomic mass is 35.5. The van der Waals surface area contributed by atoms with Crippen LogP contribution >= 0.6 is 23.4 Å². The minimum Gasteiger partial charge on any atom is -0.495 e. The Bertz CT molecular complexity index is 1190. The summed E-state index contributed by atoms with van der Waals surface area (Å²) in [5.41, 5.74) is 4.06. The van der Waals surface area contributed by atoms with E-state index in [1.807, 2.05) is 39.0 Å². The van der Waals surface area contributed by atoms with Crippen molar-refractivity contribution < 1.29 is 9.53 Å². The van der Waals surface area contributed by atoms with Crippen LogP contribution < -0.4 is 15.6 Å². The molecule has 3 rings (SSSR count). The van der Waals surface area contributed by atoms with E-state index in [0.717, 1.165) is 16.7 Å². The molecule has 0 spiro atoms. The SMILES string of the molecule is COc1cc(Cl)c(C)cc1NC(=O)[C@H](C)Sc1ccc(=O)n(-c2ccc(C)c(C)c2)n1. The number of aromatic nitrogens is 2. The molecule has 0 radical (unpaired) electrons. The summed E-state index contributed by atoms with van der Waals surface area (Å²) >= 11 is 7.40. The number of aryl methyl sites for hydroxylation is 3. The summed E-state index contributed by atoms with van der Waals surface area (Å²) in [4.78, 5) is 25.1. The van der Waals surface area contributed by atoms with E-state index < -0.39 is 5.25 Å². The first-order valence-corrected chi connectivity index (χ1v) is 10.9. The van der Waals surface area contributed by atoms with Crippen molar-refractivity contribution in [1.82, 2.24) is 9.78 Å². The molecule has 1 aromatic heterocycles. The molecule has 0 fully saturated rings. The minimum absolute atomic E-state index is 0.212. The quantitative estimate of drug-likeness (QED) is 0.531. The van der Waals surface area contributed by atoms with Gasteiger partial charge in [-0.2, -0.15) is 9.78 Å². The summed E-state index contributed by atoms with van der Waals surface area (Å²) in [5.74, 6) is 0.276. The highest BCUT2D eigenvalue weighted by molar-refractivity contribution is 8.00. The lowest BCUT2D eigenvalue weighted by atomic mass is 10.1. The van der Waals surface area contributed by atoms with E-state index >= 15 is 0 Å². The van der Waals surface area contributed by atoms with Crippen LogP contribution in [0.4, 0.5) is 5.69 Å². The zero-order chi connectivity index (χ0) is 22.7. The van der Waals surface area contributed by atoms with Gasteiger partial charge in [-0.3, -0.25) is 9.59 Å². The highest BCUT2D eigenvalue weighted by Gasteiger charge is 2.18. The maximum Gasteiger partial charge on any atom is 0.271 e. The lowest BCUT2D eigenvalue weighted by Gasteiger charge is -2.15. The summed E-state index contributed by atoms with van der Waals surface area (Å²) in [6, 6.07) is 12.3. The van der Waals surface area contributed by atoms with Crippen LogP contribution in [-0.2, 0) is 4.79 Å². The second-order valence-corrected chi connectivity index (χ2v) is 9.01. The van der Waals surface area contributed by atoms with Gasteiger partial charge in [0.15, 0.2) is 0 Å². The Morgan fingerprint density at radius 3 is 2.52 bits per heavy atom. The van der Waals surface area contributed by atoms with Crippen molar-refractivity contribution in [3.8, 4) is 11.4 Å². The minimum atomic E-state index is -0.459. The van der Waals surface area contributed by atoms with E-state index in [4.69, 9.17) is 16.3 Å². The number of amides is 1. The molecule has 1 atom stereocenters. The van der Waals surface area contributed by atoms with Crippen molar-refractivity contribution in [2.24, 2.45) is 0 Å². The van der Waals surface area contributed by atoms with Crippen LogP contribution in [-0.4, -0.2) is 28.0 Å². The van der Waals surface area contributed by atoms with Gasteiger partial charge in [-0.05, 0) is 68.7 Å². The number of nitrogens with one attached hydrogen (secondary N) is 1. The maximum atomic E-state index is 12.8. The van der Waals surface area contributed by atoms with Crippen LogP contribution in [0.1, 0.15) is 23.6 Å². The fourth-order valence-electron chi connectivity index (χ4n) is 2.90. The third kappa shape index (κ3) is 5.29. The summed E-state index contributed by atoms with van der Waals surface area (Å²) in [5, 5.41) is 8.00. The van der Waals surface area contributed by atoms with Gasteiger partial charge in [-0.15, -0.1) is 0 Å². The van der Waals surface area contributed by atoms with Crippen LogP contribution in [0, 0.1) is 20.8 Å². The van der Waals surface area contributed by atoms with Gasteiger partial charge >= 0.3 is 0 Å². The zero-order valence-corrected chi connectivity index (χ0v) is 19.6. The van der Waals surface area contributed by atoms with Crippen LogP contribution in [0.15, 0.2) is 52.3 Å². The van der Waals surface area contributed by atoms with Crippen molar-refractivity contribution in [3.05, 3.63) is 74.5 Å². The molecule has 0 saturated carbocycles. The molecular weight excluding hydrogens is 434 g/mol. The highest BCUT2D eigenvalue weighted by Crippen LogP contribution is 2.32. The number of nitrogens with zero attached hydrogens (tertiary/aromatic N) is 2. The molecule has 2 aromatic carbocycles. The lowest BCUT2D eigenvalue weighted by molar-refractivity contribution is -0.115. The Kier molecular flexibility index (Phi) is 7.08. The van der Waals surface area contributed by atoms with Crippen LogP contribution in [0.3, 0.4) is 0 Å². The number of carbonyl (C=O) groups is 1. The first kappa shape index (κ1) is 22.9. The number of benzene rings is 2. The third-order valence-corrected chi connectivity index (χ3v) is 6.35. The molecule has 31 heavy (non-hydrogen) atoms. The average molecular weight is 458 g/mol. The molecule has 1 amide bonds. The molecular formula is C23H24ClN3O3S. The number of thioether (sulfide) groups is 1. The van der Waals surface area contributed by atoms with Gasteiger partial charge in [0.2, 0.25) is 5.91 Å². The van der Waals surface area contributed by atoms with Gasteiger partial charge in [0, 0.05) is 17.2 Å². The number of anilines is 1. The van der Waals surface area contributed by atoms with Crippen molar-refractivity contribution >= 4 is 35.0 Å². The van der Waals surface area contributed by atoms with E-state index in [1.54, 1.807) is 25.1 Å². The molecule has 8 heteroatoms. The normalized spacial score (nSPS) is 11.8. The van der Waals surface area contributed by atoms with Crippen molar-refractivity contribution in [3.63, 3.8) is 0 Å². The summed E-state index contributed by atoms with van der Waals surface area (Å²) in [6.07, 6.45) is 0. The van der Waals surface area contributed by atoms with Gasteiger partial charge < -0.3 is 10.1 Å². The topological polar surface area (TPSA) is 73.2 Å². The Morgan fingerprint density at radius 1 is 1.10 bits per heavy atom. The standard InChI is InChI=1S/C23H24ClN3O3S/c1-13-6-7-17(10-14(13)2)27-22(28)9-8-21(26-27)31-16(4)23(29)25-19-11-15(3)18(24)12-20(19)30-5/h6-12,16H,1-5H3,(H,25,29)/t16-/m0/s1. The Hall–Kier alpha value is -2.77. The third-order valence-electron chi connectivity index (χ3n) is 4.92. The van der Waals surface area contributed by atoms with Gasteiger partial charge in [0.25, 0.3) is 5.56 Å². The van der Waals surface area contributed by atoms with E-state index in [2.05, 4.69) is 10.4 Å². The number of halogens is 1. The van der Waals surface area contributed by atoms with Crippen LogP contribution in [0.25, 0.3) is 5.69 Å². The number of methoxy groups -OCH3 is 1. The predicted octanol–water partition coefficient (Wildman–Crippen LogP) is 4.94. The molecule has 0 aliphatic rings. The van der Waals surface area contributed by atoms with Gasteiger partial charge in [0.1, 0.15) is 10.8 Å². The number of ether oxygens (including phenoxy) is 1. The van der Waals surface area contributed by atoms with E-state index in [-0.39, 0.29) is 11.5 Å². The van der Waals surface area contributed by atoms with Crippen molar-refractivity contribution in [2.45, 2.75) is 38.0 Å². The predicted molar refractivity (Wildman–Crippen MR) is 126 cm³/mol. The van der Waals surface area contributed by atoms with Gasteiger partial charge in [0.05, 0.1) is 23.7 Å². The molecule has 0 bridgehead atoms. The number of hydrogen-bond acceptors (Lipinski definition) is 5. The molecule has 1 heterocycles. The van der Waals surface area contributed by atoms with E-state index in [0.29, 0.717) is 27.2 Å². The molecule has 6 nitrogen and oxygen atoms in total. The summed E-state index contributed by atoms with van der Waals surface area (Å²) < 4.78 is 6.67. The smallest absolute Gasteiger partial charge is 0.271 e. The summed E-state index contributed by atoms with van der Waals surface area (Å²) in [6.45, 7) is 7.64. The van der Waals surface area contributed by atoms with Crippen LogP contribution in [0.2, 0.25) is 5.02 Å². The molecule has 3 aromatic rings. The molecule has 0 aliphatic carbocycles. The molecule has 0 unspecified atom stereocenters. The first-order valence-electron chi connectivity index (χ1n) is 9.69. The maximum absolute atomic E-state index is 12.8. The number of rotatable bonds is 6. The Morgan fingerprint density at radius 2 is 1.84 bits per heavy atom. The molecule has 162 valence electrons. The Labute approximate surface area is 190 Å². The molecule has 1 N–H and O–H groups in total. The largest absolute Gasteiger partial charge is 0.495 e. The first-order chi connectivity index (χ1) is 14.7. The van der Waals surface area contributed by atoms with Gasteiger partial charge in [-0.25, -0.2) is 0 Å². The zero-order valence-electron chi connectivity index (χ0n) is 18.0. The molecule has 0 saturated heterocycles. The lowest BCUT2D eigenvalue weighted by Crippen LogP contribution is -2.24. The second kappa shape index (κ2) is 9.58. The fourth-order valence-corrected chi connectivity index (χ4v) is 3.86. The molecule has 0 aliphatic heterocycles. The monoisotopic (exact) mass is 457 g/mol.